The molecule has 1 rings (SSSR count). The molecule has 0 aliphatic rings. The van der Waals surface area contributed by atoms with E-state index >= 15 is 0 Å². The molecule has 0 radical (unpaired) electrons. The van der Waals surface area contributed by atoms with E-state index in [1.807, 2.05) is 11.7 Å². The minimum absolute atomic E-state index is 0.426. The summed E-state index contributed by atoms with van der Waals surface area (Å²) < 4.78 is 2.02. The average molecular weight is 251 g/mol. The Morgan fingerprint density at radius 1 is 1.28 bits per heavy atom. The van der Waals surface area contributed by atoms with E-state index < -0.39 is 0 Å². The predicted octanol–water partition coefficient (Wildman–Crippen LogP) is 3.45. The first-order valence-corrected chi connectivity index (χ1v) is 7.17. The molecule has 0 bridgehead atoms. The monoisotopic (exact) mass is 251 g/mol. The maximum absolute atomic E-state index is 4.46. The molecule has 1 aromatic heterocycles. The standard InChI is InChI=1S/C15H29N3/c1-7-16-14(9-12(4)8-11(2)3)15-10-13(5)17-18(15)6/h10-12,14,16H,7-9H2,1-6H3. The van der Waals surface area contributed by atoms with E-state index in [0.29, 0.717) is 6.04 Å². The summed E-state index contributed by atoms with van der Waals surface area (Å²) in [7, 11) is 2.04. The molecule has 18 heavy (non-hydrogen) atoms. The summed E-state index contributed by atoms with van der Waals surface area (Å²) in [5.74, 6) is 1.51. The molecule has 2 unspecified atom stereocenters. The van der Waals surface area contributed by atoms with Gasteiger partial charge in [0.25, 0.3) is 0 Å². The highest BCUT2D eigenvalue weighted by Gasteiger charge is 2.18. The minimum atomic E-state index is 0.426. The van der Waals surface area contributed by atoms with Crippen LogP contribution in [0.1, 0.15) is 58.0 Å². The molecular weight excluding hydrogens is 222 g/mol. The molecule has 0 saturated heterocycles. The van der Waals surface area contributed by atoms with E-state index in [2.05, 4.69) is 51.1 Å². The van der Waals surface area contributed by atoms with E-state index in [1.165, 1.54) is 18.5 Å². The van der Waals surface area contributed by atoms with Gasteiger partial charge in [0.1, 0.15) is 0 Å². The minimum Gasteiger partial charge on any atom is -0.309 e. The summed E-state index contributed by atoms with van der Waals surface area (Å²) in [6, 6.07) is 2.63. The molecule has 0 saturated carbocycles. The summed E-state index contributed by atoms with van der Waals surface area (Å²) in [6.07, 6.45) is 2.48. The summed E-state index contributed by atoms with van der Waals surface area (Å²) >= 11 is 0. The highest BCUT2D eigenvalue weighted by molar-refractivity contribution is 5.13. The van der Waals surface area contributed by atoms with Gasteiger partial charge in [-0.25, -0.2) is 0 Å². The lowest BCUT2D eigenvalue weighted by Gasteiger charge is -2.23. The van der Waals surface area contributed by atoms with Crippen LogP contribution >= 0.6 is 0 Å². The van der Waals surface area contributed by atoms with Gasteiger partial charge in [-0.15, -0.1) is 0 Å². The van der Waals surface area contributed by atoms with E-state index in [4.69, 9.17) is 0 Å². The first-order valence-electron chi connectivity index (χ1n) is 7.17. The molecule has 0 aliphatic carbocycles. The highest BCUT2D eigenvalue weighted by Crippen LogP contribution is 2.25. The molecule has 0 spiro atoms. The van der Waals surface area contributed by atoms with Crippen molar-refractivity contribution in [3.63, 3.8) is 0 Å². The molecule has 1 heterocycles. The normalized spacial score (nSPS) is 15.1. The zero-order valence-electron chi connectivity index (χ0n) is 12.8. The zero-order chi connectivity index (χ0) is 13.7. The van der Waals surface area contributed by atoms with E-state index in [9.17, 15) is 0 Å². The fourth-order valence-corrected chi connectivity index (χ4v) is 2.82. The third-order valence-electron chi connectivity index (χ3n) is 3.36. The van der Waals surface area contributed by atoms with Gasteiger partial charge < -0.3 is 5.32 Å². The zero-order valence-corrected chi connectivity index (χ0v) is 12.8. The Balaban J connectivity index is 2.73. The first kappa shape index (κ1) is 15.2. The first-order chi connectivity index (χ1) is 8.43. The molecule has 3 nitrogen and oxygen atoms in total. The Kier molecular flexibility index (Phi) is 5.86. The van der Waals surface area contributed by atoms with Crippen molar-refractivity contribution >= 4 is 0 Å². The van der Waals surface area contributed by atoms with Gasteiger partial charge in [-0.1, -0.05) is 27.7 Å². The highest BCUT2D eigenvalue weighted by atomic mass is 15.3. The van der Waals surface area contributed by atoms with Crippen LogP contribution in [-0.4, -0.2) is 16.3 Å². The molecule has 1 N–H and O–H groups in total. The van der Waals surface area contributed by atoms with E-state index in [0.717, 1.165) is 24.1 Å². The molecule has 1 aromatic rings. The molecule has 3 heteroatoms. The molecule has 0 fully saturated rings. The second kappa shape index (κ2) is 6.93. The third-order valence-corrected chi connectivity index (χ3v) is 3.36. The second-order valence-corrected chi connectivity index (χ2v) is 5.91. The fourth-order valence-electron chi connectivity index (χ4n) is 2.82. The number of aromatic nitrogens is 2. The van der Waals surface area contributed by atoms with Crippen LogP contribution in [0.15, 0.2) is 6.07 Å². The van der Waals surface area contributed by atoms with Crippen molar-refractivity contribution in [2.24, 2.45) is 18.9 Å². The van der Waals surface area contributed by atoms with Gasteiger partial charge in [-0.2, -0.15) is 5.10 Å². The van der Waals surface area contributed by atoms with Gasteiger partial charge in [-0.05, 0) is 44.2 Å². The van der Waals surface area contributed by atoms with Gasteiger partial charge >= 0.3 is 0 Å². The van der Waals surface area contributed by atoms with E-state index in [-0.39, 0.29) is 0 Å². The van der Waals surface area contributed by atoms with Crippen LogP contribution in [0.3, 0.4) is 0 Å². The summed E-state index contributed by atoms with van der Waals surface area (Å²) in [6.45, 7) is 12.2. The second-order valence-electron chi connectivity index (χ2n) is 5.91. The van der Waals surface area contributed by atoms with Crippen LogP contribution in [0.2, 0.25) is 0 Å². The summed E-state index contributed by atoms with van der Waals surface area (Å²) in [5, 5.41) is 8.06. The van der Waals surface area contributed by atoms with Crippen LogP contribution in [-0.2, 0) is 7.05 Å². The van der Waals surface area contributed by atoms with Gasteiger partial charge in [-0.3, -0.25) is 4.68 Å². The molecule has 0 aliphatic heterocycles. The smallest absolute Gasteiger partial charge is 0.0597 e. The number of nitrogens with one attached hydrogen (secondary N) is 1. The summed E-state index contributed by atoms with van der Waals surface area (Å²) in [4.78, 5) is 0. The van der Waals surface area contributed by atoms with Crippen LogP contribution in [0.4, 0.5) is 0 Å². The molecular formula is C15H29N3. The topological polar surface area (TPSA) is 29.9 Å². The number of rotatable bonds is 7. The van der Waals surface area contributed by atoms with Crippen molar-refractivity contribution in [1.82, 2.24) is 15.1 Å². The number of hydrogen-bond donors (Lipinski definition) is 1. The van der Waals surface area contributed by atoms with Gasteiger partial charge in [0.15, 0.2) is 0 Å². The van der Waals surface area contributed by atoms with Crippen molar-refractivity contribution in [2.75, 3.05) is 6.54 Å². The maximum atomic E-state index is 4.46. The Bertz CT molecular complexity index is 355. The summed E-state index contributed by atoms with van der Waals surface area (Å²) in [5.41, 5.74) is 2.41. The van der Waals surface area contributed by atoms with Gasteiger partial charge in [0.2, 0.25) is 0 Å². The SMILES string of the molecule is CCNC(CC(C)CC(C)C)c1cc(C)nn1C. The van der Waals surface area contributed by atoms with Crippen LogP contribution in [0.5, 0.6) is 0 Å². The number of hydrogen-bond acceptors (Lipinski definition) is 2. The maximum Gasteiger partial charge on any atom is 0.0597 e. The largest absolute Gasteiger partial charge is 0.309 e. The van der Waals surface area contributed by atoms with Gasteiger partial charge in [0.05, 0.1) is 11.4 Å². The lowest BCUT2D eigenvalue weighted by atomic mass is 9.91. The molecule has 0 aromatic carbocycles. The number of nitrogens with zero attached hydrogens (tertiary/aromatic N) is 2. The van der Waals surface area contributed by atoms with Crippen LogP contribution in [0.25, 0.3) is 0 Å². The van der Waals surface area contributed by atoms with Crippen LogP contribution in [0, 0.1) is 18.8 Å². The van der Waals surface area contributed by atoms with Gasteiger partial charge in [0, 0.05) is 13.1 Å². The lowest BCUT2D eigenvalue weighted by Crippen LogP contribution is -2.25. The van der Waals surface area contributed by atoms with Crippen LogP contribution < -0.4 is 5.32 Å². The van der Waals surface area contributed by atoms with Crippen molar-refractivity contribution in [3.05, 3.63) is 17.5 Å². The Labute approximate surface area is 112 Å². The van der Waals surface area contributed by atoms with Crippen molar-refractivity contribution in [1.29, 1.82) is 0 Å². The Morgan fingerprint density at radius 2 is 1.94 bits per heavy atom. The van der Waals surface area contributed by atoms with Crippen molar-refractivity contribution < 1.29 is 0 Å². The van der Waals surface area contributed by atoms with Crippen molar-refractivity contribution in [2.45, 2.75) is 53.5 Å². The Morgan fingerprint density at radius 3 is 2.39 bits per heavy atom. The quantitative estimate of drug-likeness (QED) is 0.804. The van der Waals surface area contributed by atoms with E-state index in [1.54, 1.807) is 0 Å². The average Bonchev–Trinajstić information content (AvgIpc) is 2.56. The molecule has 104 valence electrons. The molecule has 0 amide bonds. The van der Waals surface area contributed by atoms with Crippen molar-refractivity contribution in [3.8, 4) is 0 Å². The third kappa shape index (κ3) is 4.45. The lowest BCUT2D eigenvalue weighted by molar-refractivity contribution is 0.350. The predicted molar refractivity (Wildman–Crippen MR) is 77.6 cm³/mol. The fraction of sp³-hybridized carbons (Fsp3) is 0.800. The molecule has 2 atom stereocenters. The Hall–Kier alpha value is -0.830. The number of aryl methyl sites for hydroxylation is 2.